The molecule has 0 unspecified atom stereocenters. The molecule has 1 heterocycles. The second-order valence-corrected chi connectivity index (χ2v) is 4.46. The number of Topliss-reactive ketones (excluding diaryl/α,β-unsaturated/α-hetero) is 1. The number of hydrogen-bond acceptors (Lipinski definition) is 3. The number of carbonyl (C=O) groups excluding carboxylic acids is 1. The summed E-state index contributed by atoms with van der Waals surface area (Å²) in [5, 5.41) is 9.50. The molecule has 4 heteroatoms. The van der Waals surface area contributed by atoms with Gasteiger partial charge in [0.15, 0.2) is 5.78 Å². The quantitative estimate of drug-likeness (QED) is 0.809. The van der Waals surface area contributed by atoms with E-state index in [2.05, 4.69) is 0 Å². The number of ketones is 1. The number of rotatable bonds is 3. The first-order valence-electron chi connectivity index (χ1n) is 5.84. The molecule has 0 bridgehead atoms. The van der Waals surface area contributed by atoms with Crippen LogP contribution in [0.1, 0.15) is 23.2 Å². The molecule has 17 heavy (non-hydrogen) atoms. The van der Waals surface area contributed by atoms with Gasteiger partial charge in [0.1, 0.15) is 5.82 Å². The lowest BCUT2D eigenvalue weighted by molar-refractivity contribution is 0.0634. The molecular formula is C13H16FNO2. The van der Waals surface area contributed by atoms with Crippen molar-refractivity contribution in [2.45, 2.75) is 18.9 Å². The summed E-state index contributed by atoms with van der Waals surface area (Å²) in [6.07, 6.45) is 1.39. The Labute approximate surface area is 99.9 Å². The molecule has 1 aliphatic heterocycles. The Morgan fingerprint density at radius 3 is 2.76 bits per heavy atom. The highest BCUT2D eigenvalue weighted by Crippen LogP contribution is 2.11. The van der Waals surface area contributed by atoms with E-state index in [1.807, 2.05) is 4.90 Å². The molecule has 3 nitrogen and oxygen atoms in total. The van der Waals surface area contributed by atoms with Crippen LogP contribution >= 0.6 is 0 Å². The first-order chi connectivity index (χ1) is 8.15. The minimum absolute atomic E-state index is 0.0286. The Morgan fingerprint density at radius 2 is 2.12 bits per heavy atom. The Morgan fingerprint density at radius 1 is 1.41 bits per heavy atom. The van der Waals surface area contributed by atoms with Crippen LogP contribution in [0, 0.1) is 5.82 Å². The van der Waals surface area contributed by atoms with Crippen molar-refractivity contribution in [3.8, 4) is 0 Å². The zero-order valence-electron chi connectivity index (χ0n) is 9.60. The third kappa shape index (κ3) is 3.35. The Bertz CT molecular complexity index is 391. The second-order valence-electron chi connectivity index (χ2n) is 4.46. The average molecular weight is 237 g/mol. The molecule has 0 radical (unpaired) electrons. The number of hydrogen-bond donors (Lipinski definition) is 1. The predicted molar refractivity (Wildman–Crippen MR) is 62.4 cm³/mol. The number of benzene rings is 1. The summed E-state index contributed by atoms with van der Waals surface area (Å²) in [7, 11) is 0. The van der Waals surface area contributed by atoms with Gasteiger partial charge in [-0.15, -0.1) is 0 Å². The van der Waals surface area contributed by atoms with Gasteiger partial charge in [-0.2, -0.15) is 0 Å². The number of β-amino-alcohol motifs (C(OH)–C–C–N with tert-alkyl or cyclic N) is 1. The fourth-order valence-electron chi connectivity index (χ4n) is 2.10. The van der Waals surface area contributed by atoms with Crippen LogP contribution in [0.3, 0.4) is 0 Å². The molecule has 1 atom stereocenters. The minimum Gasteiger partial charge on any atom is -0.392 e. The molecule has 1 aliphatic rings. The van der Waals surface area contributed by atoms with Crippen LogP contribution < -0.4 is 0 Å². The first kappa shape index (κ1) is 12.2. The van der Waals surface area contributed by atoms with Crippen molar-refractivity contribution in [3.63, 3.8) is 0 Å². The van der Waals surface area contributed by atoms with E-state index in [1.165, 1.54) is 24.3 Å². The van der Waals surface area contributed by atoms with E-state index in [1.54, 1.807) is 0 Å². The van der Waals surface area contributed by atoms with Crippen molar-refractivity contribution in [1.82, 2.24) is 4.90 Å². The molecule has 92 valence electrons. The molecule has 0 spiro atoms. The van der Waals surface area contributed by atoms with E-state index in [0.29, 0.717) is 18.7 Å². The largest absolute Gasteiger partial charge is 0.392 e. The zero-order valence-corrected chi connectivity index (χ0v) is 9.60. The lowest BCUT2D eigenvalue weighted by Gasteiger charge is -2.29. The third-order valence-electron chi connectivity index (χ3n) is 3.01. The van der Waals surface area contributed by atoms with Crippen molar-refractivity contribution >= 4 is 5.78 Å². The smallest absolute Gasteiger partial charge is 0.176 e. The van der Waals surface area contributed by atoms with Crippen molar-refractivity contribution in [2.75, 3.05) is 19.6 Å². The minimum atomic E-state index is -0.338. The van der Waals surface area contributed by atoms with Gasteiger partial charge >= 0.3 is 0 Å². The van der Waals surface area contributed by atoms with Gasteiger partial charge in [-0.25, -0.2) is 4.39 Å². The summed E-state index contributed by atoms with van der Waals surface area (Å²) in [6, 6.07) is 5.58. The van der Waals surface area contributed by atoms with Crippen LogP contribution in [0.4, 0.5) is 4.39 Å². The molecule has 1 fully saturated rings. The fraction of sp³-hybridized carbons (Fsp3) is 0.462. The van der Waals surface area contributed by atoms with Crippen LogP contribution in [0.15, 0.2) is 24.3 Å². The molecule has 0 aromatic heterocycles. The van der Waals surface area contributed by atoms with Gasteiger partial charge in [0.05, 0.1) is 12.6 Å². The van der Waals surface area contributed by atoms with Crippen LogP contribution in [0.5, 0.6) is 0 Å². The number of aliphatic hydroxyl groups excluding tert-OH is 1. The molecular weight excluding hydrogens is 221 g/mol. The lowest BCUT2D eigenvalue weighted by atomic mass is 10.1. The summed E-state index contributed by atoms with van der Waals surface area (Å²) in [5.74, 6) is -0.367. The predicted octanol–water partition coefficient (Wildman–Crippen LogP) is 1.47. The summed E-state index contributed by atoms with van der Waals surface area (Å²) in [5.41, 5.74) is 0.520. The van der Waals surface area contributed by atoms with Gasteiger partial charge in [-0.05, 0) is 43.7 Å². The van der Waals surface area contributed by atoms with E-state index < -0.39 is 0 Å². The molecule has 1 N–H and O–H groups in total. The SMILES string of the molecule is O=C(CN1CCC[C@H](O)C1)c1ccc(F)cc1. The maximum Gasteiger partial charge on any atom is 0.176 e. The Kier molecular flexibility index (Phi) is 3.86. The van der Waals surface area contributed by atoms with Gasteiger partial charge in [0, 0.05) is 12.1 Å². The molecule has 1 aromatic carbocycles. The second kappa shape index (κ2) is 5.38. The van der Waals surface area contributed by atoms with E-state index in [4.69, 9.17) is 0 Å². The Hall–Kier alpha value is -1.26. The summed E-state index contributed by atoms with van der Waals surface area (Å²) in [4.78, 5) is 13.8. The molecule has 0 saturated carbocycles. The van der Waals surface area contributed by atoms with Crippen LogP contribution in [-0.4, -0.2) is 41.5 Å². The van der Waals surface area contributed by atoms with Crippen LogP contribution in [0.25, 0.3) is 0 Å². The third-order valence-corrected chi connectivity index (χ3v) is 3.01. The monoisotopic (exact) mass is 237 g/mol. The highest BCUT2D eigenvalue weighted by Gasteiger charge is 2.20. The van der Waals surface area contributed by atoms with E-state index in [9.17, 15) is 14.3 Å². The van der Waals surface area contributed by atoms with Gasteiger partial charge in [-0.1, -0.05) is 0 Å². The Balaban J connectivity index is 1.94. The van der Waals surface area contributed by atoms with Crippen molar-refractivity contribution in [3.05, 3.63) is 35.6 Å². The average Bonchev–Trinajstić information content (AvgIpc) is 2.29. The fourth-order valence-corrected chi connectivity index (χ4v) is 2.10. The number of likely N-dealkylation sites (tertiary alicyclic amines) is 1. The maximum atomic E-state index is 12.7. The number of nitrogens with zero attached hydrogens (tertiary/aromatic N) is 1. The molecule has 0 aliphatic carbocycles. The molecule has 1 saturated heterocycles. The number of halogens is 1. The lowest BCUT2D eigenvalue weighted by Crippen LogP contribution is -2.41. The topological polar surface area (TPSA) is 40.5 Å². The number of aliphatic hydroxyl groups is 1. The van der Waals surface area contributed by atoms with Crippen molar-refractivity contribution in [2.24, 2.45) is 0 Å². The van der Waals surface area contributed by atoms with E-state index in [0.717, 1.165) is 19.4 Å². The van der Waals surface area contributed by atoms with E-state index in [-0.39, 0.29) is 17.7 Å². The van der Waals surface area contributed by atoms with Gasteiger partial charge < -0.3 is 5.11 Å². The standard InChI is InChI=1S/C13H16FNO2/c14-11-5-3-10(4-6-11)13(17)9-15-7-1-2-12(16)8-15/h3-6,12,16H,1-2,7-9H2/t12-/m0/s1. The van der Waals surface area contributed by atoms with Crippen molar-refractivity contribution in [1.29, 1.82) is 0 Å². The first-order valence-corrected chi connectivity index (χ1v) is 5.84. The normalized spacial score (nSPS) is 21.4. The van der Waals surface area contributed by atoms with Crippen molar-refractivity contribution < 1.29 is 14.3 Å². The highest BCUT2D eigenvalue weighted by molar-refractivity contribution is 5.97. The van der Waals surface area contributed by atoms with Gasteiger partial charge in [0.2, 0.25) is 0 Å². The molecule has 0 amide bonds. The maximum absolute atomic E-state index is 12.7. The van der Waals surface area contributed by atoms with Gasteiger partial charge in [-0.3, -0.25) is 9.69 Å². The number of carbonyl (C=O) groups is 1. The van der Waals surface area contributed by atoms with Crippen LogP contribution in [0.2, 0.25) is 0 Å². The van der Waals surface area contributed by atoms with Crippen LogP contribution in [-0.2, 0) is 0 Å². The summed E-state index contributed by atoms with van der Waals surface area (Å²) >= 11 is 0. The molecule has 2 rings (SSSR count). The van der Waals surface area contributed by atoms with E-state index >= 15 is 0 Å². The zero-order chi connectivity index (χ0) is 12.3. The summed E-state index contributed by atoms with van der Waals surface area (Å²) in [6.45, 7) is 1.68. The highest BCUT2D eigenvalue weighted by atomic mass is 19.1. The summed E-state index contributed by atoms with van der Waals surface area (Å²) < 4.78 is 12.7. The molecule has 1 aromatic rings. The van der Waals surface area contributed by atoms with Gasteiger partial charge in [0.25, 0.3) is 0 Å². The number of piperidine rings is 1.